The largest absolute Gasteiger partial charge is 0.309 e. The lowest BCUT2D eigenvalue weighted by Gasteiger charge is -2.19. The minimum absolute atomic E-state index is 0.213. The highest BCUT2D eigenvalue weighted by Gasteiger charge is 2.21. The molecule has 1 atom stereocenters. The highest BCUT2D eigenvalue weighted by molar-refractivity contribution is 5.95. The van der Waals surface area contributed by atoms with Gasteiger partial charge in [0.15, 0.2) is 0 Å². The Morgan fingerprint density at radius 1 is 1.03 bits per heavy atom. The van der Waals surface area contributed by atoms with Crippen molar-refractivity contribution in [1.82, 2.24) is 20.1 Å². The second-order valence-corrected chi connectivity index (χ2v) is 8.18. The maximum absolute atomic E-state index is 13.2. The van der Waals surface area contributed by atoms with Crippen molar-refractivity contribution in [2.75, 3.05) is 11.9 Å². The minimum Gasteiger partial charge on any atom is -0.309 e. The number of carbonyl (C=O) groups excluding carboxylic acids is 1. The first kappa shape index (κ1) is 22.9. The van der Waals surface area contributed by atoms with Gasteiger partial charge in [0, 0.05) is 37.1 Å². The number of aryl methyl sites for hydroxylation is 2. The summed E-state index contributed by atoms with van der Waals surface area (Å²) in [6.45, 7) is 2.68. The van der Waals surface area contributed by atoms with Gasteiger partial charge in [0.25, 0.3) is 0 Å². The third-order valence-electron chi connectivity index (χ3n) is 5.57. The van der Waals surface area contributed by atoms with E-state index in [1.54, 1.807) is 47.4 Å². The number of hydrogen-bond donors (Lipinski definition) is 2. The molecule has 2 aromatic heterocycles. The number of pyridine rings is 1. The van der Waals surface area contributed by atoms with Crippen LogP contribution in [0.2, 0.25) is 0 Å². The Hall–Kier alpha value is -4.28. The Labute approximate surface area is 199 Å². The normalized spacial score (nSPS) is 11.6. The highest BCUT2D eigenvalue weighted by Crippen LogP contribution is 2.20. The van der Waals surface area contributed by atoms with Crippen LogP contribution in [0.4, 0.5) is 5.82 Å². The summed E-state index contributed by atoms with van der Waals surface area (Å²) < 4.78 is 1.73. The van der Waals surface area contributed by atoms with Crippen LogP contribution in [-0.2, 0) is 18.3 Å². The third-order valence-corrected chi connectivity index (χ3v) is 5.57. The smallest absolute Gasteiger partial charge is 0.247 e. The molecule has 4 rings (SSSR count). The van der Waals surface area contributed by atoms with E-state index >= 15 is 0 Å². The maximum atomic E-state index is 13.2. The fourth-order valence-corrected chi connectivity index (χ4v) is 3.63. The van der Waals surface area contributed by atoms with E-state index in [1.165, 1.54) is 11.1 Å². The van der Waals surface area contributed by atoms with Crippen LogP contribution >= 0.6 is 0 Å². The van der Waals surface area contributed by atoms with Gasteiger partial charge in [-0.3, -0.25) is 9.48 Å². The van der Waals surface area contributed by atoms with E-state index in [0.717, 1.165) is 23.1 Å². The molecular formula is C27H26N6O. The van der Waals surface area contributed by atoms with Gasteiger partial charge in [-0.05, 0) is 48.7 Å². The number of anilines is 1. The third kappa shape index (κ3) is 5.74. The van der Waals surface area contributed by atoms with Crippen LogP contribution in [0, 0.1) is 18.3 Å². The van der Waals surface area contributed by atoms with Crippen molar-refractivity contribution in [3.63, 3.8) is 0 Å². The summed E-state index contributed by atoms with van der Waals surface area (Å²) in [7, 11) is 1.86. The number of nitrogens with one attached hydrogen (secondary N) is 2. The molecule has 1 amide bonds. The predicted octanol–water partition coefficient (Wildman–Crippen LogP) is 4.17. The van der Waals surface area contributed by atoms with Gasteiger partial charge in [0.05, 0.1) is 17.8 Å². The second kappa shape index (κ2) is 10.6. The van der Waals surface area contributed by atoms with Crippen molar-refractivity contribution >= 4 is 11.7 Å². The Kier molecular flexibility index (Phi) is 7.11. The summed E-state index contributed by atoms with van der Waals surface area (Å²) in [5.74, 6) is 0.256. The van der Waals surface area contributed by atoms with Gasteiger partial charge >= 0.3 is 0 Å². The number of hydrogen-bond acceptors (Lipinski definition) is 5. The van der Waals surface area contributed by atoms with Gasteiger partial charge in [-0.1, -0.05) is 42.0 Å². The van der Waals surface area contributed by atoms with Crippen LogP contribution in [-0.4, -0.2) is 27.2 Å². The topological polar surface area (TPSA) is 95.6 Å². The Morgan fingerprint density at radius 2 is 1.79 bits per heavy atom. The molecule has 7 heteroatoms. The predicted molar refractivity (Wildman–Crippen MR) is 132 cm³/mol. The molecule has 0 saturated heterocycles. The summed E-state index contributed by atoms with van der Waals surface area (Å²) in [6, 6.07) is 20.6. The quantitative estimate of drug-likeness (QED) is 0.420. The SMILES string of the molecule is Cc1ccc(CCN[C@H](C(=O)Nc2ccc(-c3cnn(C)c3)cn2)c2ccc(C#N)cc2)cc1. The lowest BCUT2D eigenvalue weighted by atomic mass is 10.0. The van der Waals surface area contributed by atoms with Crippen LogP contribution in [0.25, 0.3) is 11.1 Å². The van der Waals surface area contributed by atoms with Gasteiger partial charge in [0.1, 0.15) is 11.9 Å². The van der Waals surface area contributed by atoms with Crippen molar-refractivity contribution < 1.29 is 4.79 Å². The second-order valence-electron chi connectivity index (χ2n) is 8.18. The fraction of sp³-hybridized carbons (Fsp3) is 0.185. The van der Waals surface area contributed by atoms with Gasteiger partial charge in [-0.15, -0.1) is 0 Å². The van der Waals surface area contributed by atoms with Gasteiger partial charge in [0.2, 0.25) is 5.91 Å². The molecule has 34 heavy (non-hydrogen) atoms. The zero-order valence-corrected chi connectivity index (χ0v) is 19.2. The van der Waals surface area contributed by atoms with E-state index in [-0.39, 0.29) is 5.91 Å². The van der Waals surface area contributed by atoms with Crippen LogP contribution in [0.5, 0.6) is 0 Å². The van der Waals surface area contributed by atoms with Crippen LogP contribution in [0.3, 0.4) is 0 Å². The number of rotatable bonds is 8. The first-order chi connectivity index (χ1) is 16.5. The first-order valence-electron chi connectivity index (χ1n) is 11.1. The number of carbonyl (C=O) groups is 1. The molecule has 4 aromatic rings. The summed E-state index contributed by atoms with van der Waals surface area (Å²) in [5.41, 5.74) is 5.63. The molecule has 0 radical (unpaired) electrons. The summed E-state index contributed by atoms with van der Waals surface area (Å²) >= 11 is 0. The molecule has 2 heterocycles. The Balaban J connectivity index is 1.47. The van der Waals surface area contributed by atoms with E-state index in [0.29, 0.717) is 17.9 Å². The molecule has 0 spiro atoms. The van der Waals surface area contributed by atoms with E-state index < -0.39 is 6.04 Å². The molecular weight excluding hydrogens is 424 g/mol. The van der Waals surface area contributed by atoms with Gasteiger partial charge in [-0.25, -0.2) is 4.98 Å². The average Bonchev–Trinajstić information content (AvgIpc) is 3.30. The zero-order valence-electron chi connectivity index (χ0n) is 19.2. The maximum Gasteiger partial charge on any atom is 0.247 e. The van der Waals surface area contributed by atoms with E-state index in [1.807, 2.05) is 19.3 Å². The van der Waals surface area contributed by atoms with E-state index in [2.05, 4.69) is 58.0 Å². The molecule has 7 nitrogen and oxygen atoms in total. The van der Waals surface area contributed by atoms with Crippen molar-refractivity contribution in [3.05, 3.63) is 102 Å². The van der Waals surface area contributed by atoms with Crippen molar-refractivity contribution in [1.29, 1.82) is 5.26 Å². The number of amides is 1. The van der Waals surface area contributed by atoms with Crippen molar-refractivity contribution in [2.45, 2.75) is 19.4 Å². The molecule has 0 bridgehead atoms. The Bertz CT molecular complexity index is 1280. The standard InChI is InChI=1S/C27H26N6O/c1-19-3-5-20(6-4-19)13-14-29-26(22-9-7-21(15-28)8-10-22)27(34)32-25-12-11-23(16-30-25)24-17-31-33(2)18-24/h3-12,16-18,26,29H,13-14H2,1-2H3,(H,30,32,34)/t26-/m0/s1. The monoisotopic (exact) mass is 450 g/mol. The minimum atomic E-state index is -0.585. The molecule has 0 aliphatic heterocycles. The van der Waals surface area contributed by atoms with Crippen molar-refractivity contribution in [2.24, 2.45) is 7.05 Å². The molecule has 0 aliphatic carbocycles. The number of nitriles is 1. The highest BCUT2D eigenvalue weighted by atomic mass is 16.2. The first-order valence-corrected chi connectivity index (χ1v) is 11.1. The summed E-state index contributed by atoms with van der Waals surface area (Å²) in [5, 5.41) is 19.6. The molecule has 0 saturated carbocycles. The molecule has 0 aliphatic rings. The molecule has 2 aromatic carbocycles. The number of benzene rings is 2. The van der Waals surface area contributed by atoms with Gasteiger partial charge < -0.3 is 10.6 Å². The van der Waals surface area contributed by atoms with Crippen LogP contribution < -0.4 is 10.6 Å². The summed E-state index contributed by atoms with van der Waals surface area (Å²) in [4.78, 5) is 17.6. The summed E-state index contributed by atoms with van der Waals surface area (Å²) in [6.07, 6.45) is 6.19. The van der Waals surface area contributed by atoms with Crippen molar-refractivity contribution in [3.8, 4) is 17.2 Å². The number of aromatic nitrogens is 3. The van der Waals surface area contributed by atoms with Crippen LogP contribution in [0.15, 0.2) is 79.3 Å². The zero-order chi connectivity index (χ0) is 23.9. The lowest BCUT2D eigenvalue weighted by Crippen LogP contribution is -2.34. The van der Waals surface area contributed by atoms with Crippen LogP contribution in [0.1, 0.15) is 28.3 Å². The Morgan fingerprint density at radius 3 is 2.41 bits per heavy atom. The lowest BCUT2D eigenvalue weighted by molar-refractivity contribution is -0.118. The van der Waals surface area contributed by atoms with Gasteiger partial charge in [-0.2, -0.15) is 10.4 Å². The van der Waals surface area contributed by atoms with E-state index in [4.69, 9.17) is 5.26 Å². The molecule has 170 valence electrons. The molecule has 0 fully saturated rings. The van der Waals surface area contributed by atoms with E-state index in [9.17, 15) is 4.79 Å². The fourth-order valence-electron chi connectivity index (χ4n) is 3.63. The number of nitrogens with zero attached hydrogens (tertiary/aromatic N) is 4. The molecule has 0 unspecified atom stereocenters. The average molecular weight is 451 g/mol. The molecule has 2 N–H and O–H groups in total.